The van der Waals surface area contributed by atoms with E-state index in [9.17, 15) is 4.79 Å². The van der Waals surface area contributed by atoms with Crippen LogP contribution in [0.3, 0.4) is 0 Å². The summed E-state index contributed by atoms with van der Waals surface area (Å²) in [5.41, 5.74) is 3.05. The minimum absolute atomic E-state index is 0.0433. The lowest BCUT2D eigenvalue weighted by atomic mass is 9.69. The van der Waals surface area contributed by atoms with Gasteiger partial charge >= 0.3 is 6.03 Å². The number of pyridine rings is 1. The van der Waals surface area contributed by atoms with Gasteiger partial charge in [0.25, 0.3) is 0 Å². The lowest BCUT2D eigenvalue weighted by Gasteiger charge is -2.42. The van der Waals surface area contributed by atoms with Crippen LogP contribution in [0, 0.1) is 5.41 Å². The molecule has 1 aliphatic heterocycles. The maximum atomic E-state index is 12.9. The number of nitrogens with one attached hydrogen (secondary N) is 1. The maximum Gasteiger partial charge on any atom is 0.321 e. The smallest absolute Gasteiger partial charge is 0.321 e. The van der Waals surface area contributed by atoms with E-state index in [4.69, 9.17) is 4.74 Å². The molecule has 25 heavy (non-hydrogen) atoms. The highest BCUT2D eigenvalue weighted by Crippen LogP contribution is 2.42. The van der Waals surface area contributed by atoms with E-state index in [-0.39, 0.29) is 11.4 Å². The molecule has 4 rings (SSSR count). The van der Waals surface area contributed by atoms with Gasteiger partial charge in [0.05, 0.1) is 18.9 Å². The van der Waals surface area contributed by atoms with Crippen LogP contribution in [0.1, 0.15) is 19.3 Å². The van der Waals surface area contributed by atoms with Crippen LogP contribution in [-0.2, 0) is 4.74 Å². The standard InChI is InChI=1S/C20H23N3O2/c24-19(23-12-13-25-15-20(14-23)8-3-9-20)22-18-5-2-1-4-17(18)16-6-10-21-11-7-16/h1-2,4-7,10-11H,3,8-9,12-15H2,(H,22,24). The Hall–Kier alpha value is -2.40. The molecule has 1 aromatic carbocycles. The number of urea groups is 1. The summed E-state index contributed by atoms with van der Waals surface area (Å²) in [5, 5.41) is 3.10. The van der Waals surface area contributed by atoms with E-state index in [2.05, 4.69) is 10.3 Å². The van der Waals surface area contributed by atoms with Crippen molar-refractivity contribution in [1.82, 2.24) is 9.88 Å². The predicted octanol–water partition coefficient (Wildman–Crippen LogP) is 3.78. The molecule has 2 aromatic rings. The van der Waals surface area contributed by atoms with Crippen LogP contribution in [0.25, 0.3) is 11.1 Å². The predicted molar refractivity (Wildman–Crippen MR) is 97.4 cm³/mol. The first-order valence-corrected chi connectivity index (χ1v) is 8.89. The molecule has 1 saturated carbocycles. The van der Waals surface area contributed by atoms with Crippen LogP contribution < -0.4 is 5.32 Å². The highest BCUT2D eigenvalue weighted by Gasteiger charge is 2.41. The van der Waals surface area contributed by atoms with Gasteiger partial charge in [-0.25, -0.2) is 4.79 Å². The number of carbonyl (C=O) groups excluding carboxylic acids is 1. The maximum absolute atomic E-state index is 12.9. The van der Waals surface area contributed by atoms with Gasteiger partial charge in [0.2, 0.25) is 0 Å². The Morgan fingerprint density at radius 2 is 1.96 bits per heavy atom. The molecule has 2 aliphatic rings. The van der Waals surface area contributed by atoms with Gasteiger partial charge in [-0.05, 0) is 36.6 Å². The van der Waals surface area contributed by atoms with Crippen molar-refractivity contribution < 1.29 is 9.53 Å². The second-order valence-electron chi connectivity index (χ2n) is 7.04. The van der Waals surface area contributed by atoms with E-state index < -0.39 is 0 Å². The third-order valence-electron chi connectivity index (χ3n) is 5.30. The van der Waals surface area contributed by atoms with Crippen molar-refractivity contribution in [2.75, 3.05) is 31.6 Å². The third kappa shape index (κ3) is 3.37. The highest BCUT2D eigenvalue weighted by molar-refractivity contribution is 5.94. The Morgan fingerprint density at radius 3 is 2.72 bits per heavy atom. The van der Waals surface area contributed by atoms with E-state index in [1.807, 2.05) is 41.3 Å². The Labute approximate surface area is 148 Å². The van der Waals surface area contributed by atoms with Gasteiger partial charge < -0.3 is 15.0 Å². The van der Waals surface area contributed by atoms with E-state index in [0.29, 0.717) is 13.2 Å². The topological polar surface area (TPSA) is 54.5 Å². The number of anilines is 1. The third-order valence-corrected chi connectivity index (χ3v) is 5.30. The lowest BCUT2D eigenvalue weighted by Crippen LogP contribution is -2.46. The number of rotatable bonds is 2. The Bertz CT molecular complexity index is 744. The number of hydrogen-bond donors (Lipinski definition) is 1. The van der Waals surface area contributed by atoms with Crippen LogP contribution in [0.5, 0.6) is 0 Å². The van der Waals surface area contributed by atoms with Crippen LogP contribution in [-0.4, -0.2) is 42.2 Å². The molecular weight excluding hydrogens is 314 g/mol. The summed E-state index contributed by atoms with van der Waals surface area (Å²) in [6.45, 7) is 2.83. The second kappa shape index (κ2) is 6.84. The van der Waals surface area contributed by atoms with E-state index in [1.54, 1.807) is 12.4 Å². The fraction of sp³-hybridized carbons (Fsp3) is 0.400. The molecule has 1 N–H and O–H groups in total. The molecule has 1 aliphatic carbocycles. The van der Waals surface area contributed by atoms with Gasteiger partial charge in [-0.15, -0.1) is 0 Å². The van der Waals surface area contributed by atoms with E-state index in [0.717, 1.165) is 42.8 Å². The lowest BCUT2D eigenvalue weighted by molar-refractivity contribution is 0.0130. The summed E-state index contributed by atoms with van der Waals surface area (Å²) in [7, 11) is 0. The second-order valence-corrected chi connectivity index (χ2v) is 7.04. The van der Waals surface area contributed by atoms with Gasteiger partial charge in [0.15, 0.2) is 0 Å². The molecule has 2 amide bonds. The SMILES string of the molecule is O=C(Nc1ccccc1-c1ccncc1)N1CCOCC2(CCC2)C1. The first kappa shape index (κ1) is 16.1. The molecule has 130 valence electrons. The molecule has 1 saturated heterocycles. The molecule has 5 nitrogen and oxygen atoms in total. The molecule has 0 atom stereocenters. The van der Waals surface area contributed by atoms with Crippen molar-refractivity contribution in [3.8, 4) is 11.1 Å². The molecule has 5 heteroatoms. The summed E-state index contributed by atoms with van der Waals surface area (Å²) in [5.74, 6) is 0. The van der Waals surface area contributed by atoms with Gasteiger partial charge in [0.1, 0.15) is 0 Å². The molecule has 2 fully saturated rings. The van der Waals surface area contributed by atoms with Crippen molar-refractivity contribution in [3.63, 3.8) is 0 Å². The molecule has 0 bridgehead atoms. The Balaban J connectivity index is 1.53. The molecule has 1 aromatic heterocycles. The number of amides is 2. The van der Waals surface area contributed by atoms with Gasteiger partial charge in [-0.1, -0.05) is 24.6 Å². The van der Waals surface area contributed by atoms with Crippen molar-refractivity contribution in [2.24, 2.45) is 5.41 Å². The first-order chi connectivity index (χ1) is 12.3. The number of nitrogens with zero attached hydrogens (tertiary/aromatic N) is 2. The molecule has 2 heterocycles. The van der Waals surface area contributed by atoms with Crippen LogP contribution >= 0.6 is 0 Å². The number of benzene rings is 1. The fourth-order valence-corrected chi connectivity index (χ4v) is 3.72. The first-order valence-electron chi connectivity index (χ1n) is 8.89. The van der Waals surface area contributed by atoms with Crippen LogP contribution in [0.15, 0.2) is 48.8 Å². The zero-order valence-electron chi connectivity index (χ0n) is 14.3. The summed E-state index contributed by atoms with van der Waals surface area (Å²) >= 11 is 0. The van der Waals surface area contributed by atoms with Crippen molar-refractivity contribution in [3.05, 3.63) is 48.8 Å². The monoisotopic (exact) mass is 337 g/mol. The van der Waals surface area contributed by atoms with Crippen molar-refractivity contribution >= 4 is 11.7 Å². The number of para-hydroxylation sites is 1. The quantitative estimate of drug-likeness (QED) is 0.907. The summed E-state index contributed by atoms with van der Waals surface area (Å²) in [6.07, 6.45) is 7.08. The largest absolute Gasteiger partial charge is 0.379 e. The zero-order valence-corrected chi connectivity index (χ0v) is 14.3. The number of ether oxygens (including phenoxy) is 1. The Kier molecular flexibility index (Phi) is 4.40. The zero-order chi connectivity index (χ0) is 17.1. The van der Waals surface area contributed by atoms with Gasteiger partial charge in [-0.2, -0.15) is 0 Å². The Morgan fingerprint density at radius 1 is 1.16 bits per heavy atom. The van der Waals surface area contributed by atoms with Crippen LogP contribution in [0.2, 0.25) is 0 Å². The van der Waals surface area contributed by atoms with E-state index >= 15 is 0 Å². The van der Waals surface area contributed by atoms with Crippen molar-refractivity contribution in [2.45, 2.75) is 19.3 Å². The summed E-state index contributed by atoms with van der Waals surface area (Å²) in [6, 6.07) is 11.7. The minimum Gasteiger partial charge on any atom is -0.379 e. The van der Waals surface area contributed by atoms with Gasteiger partial charge in [-0.3, -0.25) is 4.98 Å². The molecule has 0 unspecified atom stereocenters. The normalized spacial score (nSPS) is 19.1. The van der Waals surface area contributed by atoms with E-state index in [1.165, 1.54) is 6.42 Å². The minimum atomic E-state index is -0.0433. The number of aromatic nitrogens is 1. The summed E-state index contributed by atoms with van der Waals surface area (Å²) < 4.78 is 5.75. The van der Waals surface area contributed by atoms with Gasteiger partial charge in [0, 0.05) is 36.5 Å². The average molecular weight is 337 g/mol. The molecule has 1 spiro atoms. The molecular formula is C20H23N3O2. The number of carbonyl (C=O) groups is 1. The summed E-state index contributed by atoms with van der Waals surface area (Å²) in [4.78, 5) is 18.9. The van der Waals surface area contributed by atoms with Crippen LogP contribution in [0.4, 0.5) is 10.5 Å². The highest BCUT2D eigenvalue weighted by atomic mass is 16.5. The fourth-order valence-electron chi connectivity index (χ4n) is 3.72. The van der Waals surface area contributed by atoms with Crippen molar-refractivity contribution in [1.29, 1.82) is 0 Å². The number of hydrogen-bond acceptors (Lipinski definition) is 3. The molecule has 0 radical (unpaired) electrons. The average Bonchev–Trinajstić information content (AvgIpc) is 2.86.